The van der Waals surface area contributed by atoms with E-state index in [2.05, 4.69) is 23.2 Å². The first-order valence-electron chi connectivity index (χ1n) is 12.1. The molecule has 6 nitrogen and oxygen atoms in total. The average molecular weight is 506 g/mol. The lowest BCUT2D eigenvalue weighted by atomic mass is 9.56. The van der Waals surface area contributed by atoms with Crippen LogP contribution in [0.1, 0.15) is 55.2 Å². The third kappa shape index (κ3) is 4.50. The summed E-state index contributed by atoms with van der Waals surface area (Å²) in [5.74, 6) is 0.781. The van der Waals surface area contributed by atoms with Crippen LogP contribution in [-0.4, -0.2) is 29.8 Å². The van der Waals surface area contributed by atoms with E-state index in [4.69, 9.17) is 9.57 Å². The predicted octanol–water partition coefficient (Wildman–Crippen LogP) is 5.65. The van der Waals surface area contributed by atoms with E-state index in [0.717, 1.165) is 36.8 Å². The quantitative estimate of drug-likeness (QED) is 0.441. The van der Waals surface area contributed by atoms with Crippen LogP contribution in [-0.2, 0) is 11.4 Å². The molecule has 0 aromatic heterocycles. The van der Waals surface area contributed by atoms with Crippen LogP contribution < -0.4 is 15.0 Å². The first-order valence-corrected chi connectivity index (χ1v) is 12.1. The van der Waals surface area contributed by atoms with Crippen molar-refractivity contribution in [2.24, 2.45) is 17.3 Å². The molecule has 0 unspecified atom stereocenters. The fourth-order valence-corrected chi connectivity index (χ4v) is 6.45. The van der Waals surface area contributed by atoms with Gasteiger partial charge in [-0.2, -0.15) is 0 Å². The summed E-state index contributed by atoms with van der Waals surface area (Å²) in [6, 6.07) is 9.16. The van der Waals surface area contributed by atoms with Gasteiger partial charge >= 0.3 is 6.36 Å². The molecule has 0 heterocycles. The van der Waals surface area contributed by atoms with Crippen LogP contribution in [0.2, 0.25) is 0 Å². The molecule has 0 bridgehead atoms. The molecule has 5 rings (SSSR count). The van der Waals surface area contributed by atoms with Gasteiger partial charge in [0.2, 0.25) is 0 Å². The molecular weight excluding hydrogens is 475 g/mol. The number of aliphatic hydroxyl groups is 1. The SMILES string of the molecule is COc1cc2c(cc1O)C(NOCc1cccc(OC(F)(F)F)c1)=C[C@@H]1[C@@H]2CC[C@]2(C)[C@@H](O)CC[C@@H]12. The fraction of sp³-hybridized carbons (Fsp3) is 0.481. The van der Waals surface area contributed by atoms with Crippen molar-refractivity contribution >= 4 is 5.70 Å². The van der Waals surface area contributed by atoms with Crippen molar-refractivity contribution in [3.8, 4) is 17.2 Å². The van der Waals surface area contributed by atoms with E-state index >= 15 is 0 Å². The summed E-state index contributed by atoms with van der Waals surface area (Å²) in [6.45, 7) is 2.17. The smallest absolute Gasteiger partial charge is 0.504 e. The molecule has 0 amide bonds. The Labute approximate surface area is 207 Å². The van der Waals surface area contributed by atoms with Gasteiger partial charge in [0.15, 0.2) is 11.5 Å². The minimum atomic E-state index is -4.77. The molecule has 3 aliphatic carbocycles. The Balaban J connectivity index is 1.41. The normalized spacial score (nSPS) is 29.0. The van der Waals surface area contributed by atoms with Crippen molar-refractivity contribution in [2.75, 3.05) is 7.11 Å². The Morgan fingerprint density at radius 3 is 2.69 bits per heavy atom. The van der Waals surface area contributed by atoms with E-state index in [9.17, 15) is 23.4 Å². The van der Waals surface area contributed by atoms with Gasteiger partial charge in [-0.3, -0.25) is 10.3 Å². The molecule has 36 heavy (non-hydrogen) atoms. The molecule has 9 heteroatoms. The topological polar surface area (TPSA) is 80.2 Å². The zero-order chi connectivity index (χ0) is 25.7. The van der Waals surface area contributed by atoms with Crippen molar-refractivity contribution in [1.29, 1.82) is 0 Å². The van der Waals surface area contributed by atoms with E-state index < -0.39 is 6.36 Å². The van der Waals surface area contributed by atoms with Crippen LogP contribution in [0, 0.1) is 17.3 Å². The van der Waals surface area contributed by atoms with Crippen LogP contribution >= 0.6 is 0 Å². The summed E-state index contributed by atoms with van der Waals surface area (Å²) in [7, 11) is 1.52. The van der Waals surface area contributed by atoms with Gasteiger partial charge in [0.05, 0.1) is 25.5 Å². The first kappa shape index (κ1) is 24.8. The number of hydrogen-bond donors (Lipinski definition) is 3. The number of ether oxygens (including phenoxy) is 2. The van der Waals surface area contributed by atoms with Crippen molar-refractivity contribution in [3.63, 3.8) is 0 Å². The maximum atomic E-state index is 12.6. The minimum absolute atomic E-state index is 0.00216. The second kappa shape index (κ2) is 9.19. The Morgan fingerprint density at radius 2 is 1.94 bits per heavy atom. The molecule has 2 fully saturated rings. The number of hydrogen-bond acceptors (Lipinski definition) is 6. The van der Waals surface area contributed by atoms with E-state index in [1.54, 1.807) is 12.1 Å². The molecule has 0 saturated heterocycles. The van der Waals surface area contributed by atoms with Gasteiger partial charge < -0.3 is 19.7 Å². The minimum Gasteiger partial charge on any atom is -0.504 e. The number of fused-ring (bicyclic) bond motifs is 5. The second-order valence-corrected chi connectivity index (χ2v) is 10.2. The first-order chi connectivity index (χ1) is 17.1. The Kier molecular flexibility index (Phi) is 6.32. The van der Waals surface area contributed by atoms with Crippen LogP contribution in [0.3, 0.4) is 0 Å². The Hall–Kier alpha value is -2.91. The molecule has 5 atom stereocenters. The van der Waals surface area contributed by atoms with Gasteiger partial charge in [0.25, 0.3) is 0 Å². The van der Waals surface area contributed by atoms with Crippen molar-refractivity contribution in [2.45, 2.75) is 57.6 Å². The number of phenols is 1. The molecule has 2 aromatic carbocycles. The number of alkyl halides is 3. The summed E-state index contributed by atoms with van der Waals surface area (Å²) in [5.41, 5.74) is 5.85. The fourth-order valence-electron chi connectivity index (χ4n) is 6.45. The van der Waals surface area contributed by atoms with Crippen LogP contribution in [0.25, 0.3) is 5.70 Å². The molecule has 0 radical (unpaired) electrons. The molecule has 2 saturated carbocycles. The summed E-state index contributed by atoms with van der Waals surface area (Å²) in [6.07, 6.45) is 0.572. The van der Waals surface area contributed by atoms with Gasteiger partial charge in [-0.15, -0.1) is 13.2 Å². The number of hydroxylamine groups is 1. The number of aromatic hydroxyl groups is 1. The molecule has 3 N–H and O–H groups in total. The van der Waals surface area contributed by atoms with E-state index in [1.165, 1.54) is 25.3 Å². The monoisotopic (exact) mass is 505 g/mol. The molecule has 194 valence electrons. The lowest BCUT2D eigenvalue weighted by Gasteiger charge is -2.49. The van der Waals surface area contributed by atoms with Gasteiger partial charge in [-0.05, 0) is 84.2 Å². The maximum absolute atomic E-state index is 12.6. The van der Waals surface area contributed by atoms with Gasteiger partial charge in [-0.1, -0.05) is 25.1 Å². The van der Waals surface area contributed by atoms with Crippen molar-refractivity contribution in [3.05, 3.63) is 59.2 Å². The second-order valence-electron chi connectivity index (χ2n) is 10.2. The number of phenolic OH excluding ortho intramolecular Hbond substituents is 1. The van der Waals surface area contributed by atoms with Crippen LogP contribution in [0.5, 0.6) is 17.2 Å². The Bertz CT molecular complexity index is 1170. The number of benzene rings is 2. The van der Waals surface area contributed by atoms with Crippen LogP contribution in [0.15, 0.2) is 42.5 Å². The van der Waals surface area contributed by atoms with E-state index in [1.807, 2.05) is 6.07 Å². The standard InChI is InChI=1S/C27H30F3NO5/c1-26-9-8-17-18-13-24(34-2)23(32)12-20(18)22(11-19(17)21(26)6-7-25(26)33)31-35-14-15-4-3-5-16(10-15)36-27(28,29)30/h3-5,10-13,17,19,21,25,31-33H,6-9,14H2,1-2H3/t17-,19-,21+,25+,26+/m1/s1. The van der Waals surface area contributed by atoms with Crippen molar-refractivity contribution < 1.29 is 37.7 Å². The maximum Gasteiger partial charge on any atom is 0.573 e. The van der Waals surface area contributed by atoms with Crippen LogP contribution in [0.4, 0.5) is 13.2 Å². The number of allylic oxidation sites excluding steroid dienone is 1. The molecular formula is C27H30F3NO5. The van der Waals surface area contributed by atoms with Gasteiger partial charge in [0.1, 0.15) is 5.75 Å². The predicted molar refractivity (Wildman–Crippen MR) is 126 cm³/mol. The lowest BCUT2D eigenvalue weighted by molar-refractivity contribution is -0.274. The third-order valence-electron chi connectivity index (χ3n) is 8.24. The third-order valence-corrected chi connectivity index (χ3v) is 8.24. The zero-order valence-corrected chi connectivity index (χ0v) is 20.1. The number of rotatable bonds is 6. The van der Waals surface area contributed by atoms with Gasteiger partial charge in [0, 0.05) is 5.56 Å². The van der Waals surface area contributed by atoms with Crippen molar-refractivity contribution in [1.82, 2.24) is 5.48 Å². The van der Waals surface area contributed by atoms with E-state index in [0.29, 0.717) is 22.9 Å². The number of aliphatic hydroxyl groups excluding tert-OH is 1. The molecule has 0 spiro atoms. The summed E-state index contributed by atoms with van der Waals surface area (Å²) >= 11 is 0. The molecule has 3 aliphatic rings. The summed E-state index contributed by atoms with van der Waals surface area (Å²) < 4.78 is 47.0. The highest BCUT2D eigenvalue weighted by atomic mass is 19.4. The summed E-state index contributed by atoms with van der Waals surface area (Å²) in [5, 5.41) is 21.2. The lowest BCUT2D eigenvalue weighted by Crippen LogP contribution is -2.43. The zero-order valence-electron chi connectivity index (χ0n) is 20.1. The van der Waals surface area contributed by atoms with E-state index in [-0.39, 0.29) is 41.5 Å². The molecule has 2 aromatic rings. The highest BCUT2D eigenvalue weighted by Crippen LogP contribution is 2.61. The largest absolute Gasteiger partial charge is 0.573 e. The molecule has 0 aliphatic heterocycles. The average Bonchev–Trinajstić information content (AvgIpc) is 3.12. The number of methoxy groups -OCH3 is 1. The number of halogens is 3. The highest BCUT2D eigenvalue weighted by molar-refractivity contribution is 5.72. The van der Waals surface area contributed by atoms with Gasteiger partial charge in [-0.25, -0.2) is 0 Å². The highest BCUT2D eigenvalue weighted by Gasteiger charge is 2.54. The Morgan fingerprint density at radius 1 is 1.14 bits per heavy atom. The number of nitrogens with one attached hydrogen (secondary N) is 1. The summed E-state index contributed by atoms with van der Waals surface area (Å²) in [4.78, 5) is 5.72.